The number of nitrogens with zero attached hydrogens (tertiary/aromatic N) is 1. The van der Waals surface area contributed by atoms with Crippen molar-refractivity contribution in [3.63, 3.8) is 0 Å². The largest absolute Gasteiger partial charge is 0.466 e. The number of benzene rings is 1. The van der Waals surface area contributed by atoms with Crippen LogP contribution in [0.4, 0.5) is 0 Å². The highest BCUT2D eigenvalue weighted by atomic mass is 16.7. The zero-order chi connectivity index (χ0) is 55.7. The standard InChI is InChI=1S/C64H111NO12/c1-5-9-13-17-20-25-31-46-71-59(66)36-27-21-22-28-37-60(67)74-52-55-49-56(53-75-61(68)40-39-58(35-26-16-12-8-4)77-63(70)38-34-45-65-43-29-30-44-65)51-57(50-55)54-76-62(69)41-42-64(72-47-32-23-18-14-10-6-2)73-48-33-24-19-15-11-7-3/h49-51,58,64H,5-48,52-54H2,1-4H3. The van der Waals surface area contributed by atoms with Crippen LogP contribution < -0.4 is 0 Å². The van der Waals surface area contributed by atoms with E-state index < -0.39 is 12.3 Å². The summed E-state index contributed by atoms with van der Waals surface area (Å²) in [6.07, 6.45) is 34.5. The molecule has 1 aromatic carbocycles. The van der Waals surface area contributed by atoms with Gasteiger partial charge in [0.05, 0.1) is 13.0 Å². The van der Waals surface area contributed by atoms with Crippen molar-refractivity contribution in [1.29, 1.82) is 0 Å². The topological polar surface area (TPSA) is 153 Å². The van der Waals surface area contributed by atoms with E-state index in [1.165, 1.54) is 96.3 Å². The molecule has 0 radical (unpaired) electrons. The van der Waals surface area contributed by atoms with Crippen molar-refractivity contribution in [2.24, 2.45) is 0 Å². The third-order valence-corrected chi connectivity index (χ3v) is 14.4. The number of ether oxygens (including phenoxy) is 7. The Morgan fingerprint density at radius 3 is 1.25 bits per heavy atom. The highest BCUT2D eigenvalue weighted by Gasteiger charge is 2.20. The maximum absolute atomic E-state index is 13.2. The normalized spacial score (nSPS) is 13.0. The molecule has 0 N–H and O–H groups in total. The molecule has 0 aromatic heterocycles. The smallest absolute Gasteiger partial charge is 0.306 e. The van der Waals surface area contributed by atoms with Crippen LogP contribution in [0, 0.1) is 0 Å². The van der Waals surface area contributed by atoms with Gasteiger partial charge in [-0.05, 0) is 125 Å². The van der Waals surface area contributed by atoms with E-state index in [-0.39, 0.29) is 69.1 Å². The molecule has 1 atom stereocenters. The first-order chi connectivity index (χ1) is 37.6. The third kappa shape index (κ3) is 41.2. The first kappa shape index (κ1) is 69.6. The maximum Gasteiger partial charge on any atom is 0.306 e. The fourth-order valence-corrected chi connectivity index (χ4v) is 9.69. The fraction of sp³-hybridized carbons (Fsp3) is 0.828. The van der Waals surface area contributed by atoms with Gasteiger partial charge in [0, 0.05) is 45.3 Å². The van der Waals surface area contributed by atoms with Gasteiger partial charge in [-0.25, -0.2) is 0 Å². The van der Waals surface area contributed by atoms with Crippen molar-refractivity contribution in [2.75, 3.05) is 39.5 Å². The van der Waals surface area contributed by atoms with Crippen LogP contribution in [-0.2, 0) is 77.0 Å². The Bertz CT molecular complexity index is 1610. The Labute approximate surface area is 468 Å². The molecular weight excluding hydrogens is 975 g/mol. The molecule has 1 unspecified atom stereocenters. The zero-order valence-electron chi connectivity index (χ0n) is 49.5. The van der Waals surface area contributed by atoms with Crippen molar-refractivity contribution in [3.05, 3.63) is 34.9 Å². The van der Waals surface area contributed by atoms with Crippen LogP contribution in [0.15, 0.2) is 18.2 Å². The predicted octanol–water partition coefficient (Wildman–Crippen LogP) is 15.8. The molecule has 77 heavy (non-hydrogen) atoms. The van der Waals surface area contributed by atoms with E-state index in [9.17, 15) is 24.0 Å². The summed E-state index contributed by atoms with van der Waals surface area (Å²) < 4.78 is 41.0. The van der Waals surface area contributed by atoms with Crippen molar-refractivity contribution < 1.29 is 57.1 Å². The van der Waals surface area contributed by atoms with Crippen LogP contribution in [-0.4, -0.2) is 86.6 Å². The molecule has 0 bridgehead atoms. The number of carbonyl (C=O) groups is 5. The Kier molecular flexibility index (Phi) is 44.7. The van der Waals surface area contributed by atoms with Crippen LogP contribution >= 0.6 is 0 Å². The number of unbranched alkanes of at least 4 members (excludes halogenated alkanes) is 22. The molecule has 0 aliphatic carbocycles. The number of likely N-dealkylation sites (tertiary alicyclic amines) is 1. The molecule has 1 aliphatic rings. The summed E-state index contributed by atoms with van der Waals surface area (Å²) in [5.41, 5.74) is 2.03. The first-order valence-electron chi connectivity index (χ1n) is 31.5. The minimum Gasteiger partial charge on any atom is -0.466 e. The van der Waals surface area contributed by atoms with Crippen molar-refractivity contribution in [3.8, 4) is 0 Å². The lowest BCUT2D eigenvalue weighted by Gasteiger charge is -2.19. The van der Waals surface area contributed by atoms with Crippen LogP contribution in [0.1, 0.15) is 288 Å². The molecule has 0 amide bonds. The van der Waals surface area contributed by atoms with Crippen molar-refractivity contribution in [1.82, 2.24) is 4.90 Å². The Morgan fingerprint density at radius 1 is 0.390 bits per heavy atom. The Morgan fingerprint density at radius 2 is 0.766 bits per heavy atom. The van der Waals surface area contributed by atoms with E-state index in [1.54, 1.807) is 0 Å². The second-order valence-electron chi connectivity index (χ2n) is 21.8. The summed E-state index contributed by atoms with van der Waals surface area (Å²) >= 11 is 0. The quantitative estimate of drug-likeness (QED) is 0.0263. The van der Waals surface area contributed by atoms with Gasteiger partial charge in [0.1, 0.15) is 25.9 Å². The molecule has 1 aromatic rings. The number of hydrogen-bond donors (Lipinski definition) is 0. The summed E-state index contributed by atoms with van der Waals surface area (Å²) in [6.45, 7) is 13.5. The van der Waals surface area contributed by atoms with E-state index in [1.807, 2.05) is 18.2 Å². The van der Waals surface area contributed by atoms with Gasteiger partial charge in [0.25, 0.3) is 0 Å². The molecule has 1 saturated heterocycles. The number of rotatable bonds is 53. The van der Waals surface area contributed by atoms with Gasteiger partial charge in [-0.1, -0.05) is 163 Å². The monoisotopic (exact) mass is 1090 g/mol. The van der Waals surface area contributed by atoms with Crippen molar-refractivity contribution in [2.45, 2.75) is 304 Å². The summed E-state index contributed by atoms with van der Waals surface area (Å²) in [5.74, 6) is -1.46. The predicted molar refractivity (Wildman–Crippen MR) is 307 cm³/mol. The van der Waals surface area contributed by atoms with Gasteiger partial charge in [0.2, 0.25) is 0 Å². The van der Waals surface area contributed by atoms with Crippen LogP contribution in [0.2, 0.25) is 0 Å². The Balaban J connectivity index is 1.99. The molecule has 2 rings (SSSR count). The second-order valence-corrected chi connectivity index (χ2v) is 21.8. The van der Waals surface area contributed by atoms with Crippen LogP contribution in [0.25, 0.3) is 0 Å². The van der Waals surface area contributed by atoms with Crippen molar-refractivity contribution >= 4 is 29.8 Å². The summed E-state index contributed by atoms with van der Waals surface area (Å²) in [6, 6.07) is 5.52. The zero-order valence-corrected chi connectivity index (χ0v) is 49.5. The fourth-order valence-electron chi connectivity index (χ4n) is 9.69. The first-order valence-corrected chi connectivity index (χ1v) is 31.5. The van der Waals surface area contributed by atoms with E-state index in [0.29, 0.717) is 75.0 Å². The van der Waals surface area contributed by atoms with Crippen LogP contribution in [0.3, 0.4) is 0 Å². The molecular formula is C64H111NO12. The van der Waals surface area contributed by atoms with Gasteiger partial charge in [-0.3, -0.25) is 24.0 Å². The molecule has 1 heterocycles. The van der Waals surface area contributed by atoms with Gasteiger partial charge < -0.3 is 38.1 Å². The van der Waals surface area contributed by atoms with Crippen LogP contribution in [0.5, 0.6) is 0 Å². The highest BCUT2D eigenvalue weighted by molar-refractivity contribution is 5.71. The van der Waals surface area contributed by atoms with E-state index in [0.717, 1.165) is 110 Å². The average molecular weight is 1090 g/mol. The van der Waals surface area contributed by atoms with E-state index >= 15 is 0 Å². The molecule has 444 valence electrons. The number of esters is 5. The molecule has 0 saturated carbocycles. The maximum atomic E-state index is 13.2. The molecule has 1 aliphatic heterocycles. The SMILES string of the molecule is CCCCCCCCCOC(=O)CCCCCCC(=O)OCc1cc(COC(=O)CCC(CCCCCC)OC(=O)CCCN2CCCC2)cc(COC(=O)CCC(OCCCCCCCC)OCCCCCCCC)c1. The lowest BCUT2D eigenvalue weighted by Crippen LogP contribution is -2.23. The summed E-state index contributed by atoms with van der Waals surface area (Å²) in [5, 5.41) is 0. The molecule has 13 nitrogen and oxygen atoms in total. The Hall–Kier alpha value is -3.55. The lowest BCUT2D eigenvalue weighted by atomic mass is 10.0. The number of hydrogen-bond acceptors (Lipinski definition) is 13. The minimum absolute atomic E-state index is 0.00280. The lowest BCUT2D eigenvalue weighted by molar-refractivity contribution is -0.160. The summed E-state index contributed by atoms with van der Waals surface area (Å²) in [4.78, 5) is 66.9. The average Bonchev–Trinajstić information content (AvgIpc) is 3.95. The molecule has 1 fully saturated rings. The second kappa shape index (κ2) is 49.5. The molecule has 13 heteroatoms. The minimum atomic E-state index is -0.477. The van der Waals surface area contributed by atoms with Gasteiger partial charge in [-0.2, -0.15) is 0 Å². The van der Waals surface area contributed by atoms with Gasteiger partial charge in [-0.15, -0.1) is 0 Å². The van der Waals surface area contributed by atoms with E-state index in [2.05, 4.69) is 32.6 Å². The van der Waals surface area contributed by atoms with E-state index in [4.69, 9.17) is 33.2 Å². The van der Waals surface area contributed by atoms with Gasteiger partial charge >= 0.3 is 29.8 Å². The van der Waals surface area contributed by atoms with Gasteiger partial charge in [0.15, 0.2) is 6.29 Å². The number of carbonyl (C=O) groups excluding carboxylic acids is 5. The third-order valence-electron chi connectivity index (χ3n) is 14.4. The highest BCUT2D eigenvalue weighted by Crippen LogP contribution is 2.20. The molecule has 0 spiro atoms. The summed E-state index contributed by atoms with van der Waals surface area (Å²) in [7, 11) is 0.